The van der Waals surface area contributed by atoms with Gasteiger partial charge in [0, 0.05) is 30.1 Å². The van der Waals surface area contributed by atoms with Gasteiger partial charge in [-0.05, 0) is 36.8 Å². The molecule has 1 unspecified atom stereocenters. The quantitative estimate of drug-likeness (QED) is 0.733. The summed E-state index contributed by atoms with van der Waals surface area (Å²) < 4.78 is 1.06. The summed E-state index contributed by atoms with van der Waals surface area (Å²) in [7, 11) is 0. The molecule has 4 heteroatoms. The van der Waals surface area contributed by atoms with Crippen molar-refractivity contribution in [2.75, 3.05) is 13.1 Å². The highest BCUT2D eigenvalue weighted by Gasteiger charge is 2.25. The third-order valence-corrected chi connectivity index (χ3v) is 6.16. The molecule has 0 saturated carbocycles. The second-order valence-electron chi connectivity index (χ2n) is 4.83. The molecule has 96 valence electrons. The first-order chi connectivity index (χ1) is 8.83. The summed E-state index contributed by atoms with van der Waals surface area (Å²) in [6.07, 6.45) is 7.43. The van der Waals surface area contributed by atoms with E-state index in [1.54, 1.807) is 0 Å². The Morgan fingerprint density at radius 1 is 1.22 bits per heavy atom. The van der Waals surface area contributed by atoms with Gasteiger partial charge in [0.05, 0.1) is 9.45 Å². The van der Waals surface area contributed by atoms with Crippen LogP contribution in [0.15, 0.2) is 29.3 Å². The van der Waals surface area contributed by atoms with Gasteiger partial charge in [-0.1, -0.05) is 18.3 Å². The lowest BCUT2D eigenvalue weighted by Gasteiger charge is -2.34. The number of thiocarbonyl (C=S) groups is 1. The van der Waals surface area contributed by atoms with Crippen molar-refractivity contribution in [3.05, 3.63) is 34.2 Å². The minimum absolute atomic E-state index is 0.541. The van der Waals surface area contributed by atoms with Crippen molar-refractivity contribution in [2.45, 2.75) is 30.9 Å². The summed E-state index contributed by atoms with van der Waals surface area (Å²) in [5.41, 5.74) is 1.47. The van der Waals surface area contributed by atoms with Crippen LogP contribution in [0.1, 0.15) is 35.8 Å². The molecule has 1 atom stereocenters. The molecule has 0 amide bonds. The molecular weight excluding hydrogens is 278 g/mol. The number of nitrogens with zero attached hydrogens (tertiary/aromatic N) is 1. The molecule has 0 N–H and O–H groups in total. The normalized spacial score (nSPS) is 25.1. The first-order valence-corrected chi connectivity index (χ1v) is 8.69. The predicted molar refractivity (Wildman–Crippen MR) is 85.4 cm³/mol. The fraction of sp³-hybridized carbons (Fsp3) is 0.500. The lowest BCUT2D eigenvalue weighted by atomic mass is 10.1. The number of likely N-dealkylation sites (tertiary alicyclic amines) is 1. The maximum absolute atomic E-state index is 5.47. The molecule has 0 spiro atoms. The fourth-order valence-corrected chi connectivity index (χ4v) is 5.07. The summed E-state index contributed by atoms with van der Waals surface area (Å²) in [5, 5.41) is 2.71. The van der Waals surface area contributed by atoms with Crippen LogP contribution >= 0.6 is 35.3 Å². The summed E-state index contributed by atoms with van der Waals surface area (Å²) in [6.45, 7) is 2.44. The number of piperidine rings is 1. The summed E-state index contributed by atoms with van der Waals surface area (Å²) in [4.78, 5) is 4.01. The van der Waals surface area contributed by atoms with Gasteiger partial charge in [-0.2, -0.15) is 0 Å². The van der Waals surface area contributed by atoms with Crippen molar-refractivity contribution in [1.29, 1.82) is 0 Å². The number of thiophene rings is 1. The molecule has 18 heavy (non-hydrogen) atoms. The van der Waals surface area contributed by atoms with Crippen LogP contribution in [0.2, 0.25) is 0 Å². The lowest BCUT2D eigenvalue weighted by Crippen LogP contribution is -2.31. The van der Waals surface area contributed by atoms with Crippen LogP contribution in [0.4, 0.5) is 0 Å². The van der Waals surface area contributed by atoms with E-state index < -0.39 is 0 Å². The van der Waals surface area contributed by atoms with Gasteiger partial charge in [0.2, 0.25) is 0 Å². The van der Waals surface area contributed by atoms with Crippen LogP contribution < -0.4 is 0 Å². The van der Waals surface area contributed by atoms with Gasteiger partial charge in [0.15, 0.2) is 0 Å². The second kappa shape index (κ2) is 5.76. The first kappa shape index (κ1) is 12.7. The SMILES string of the molecule is S=C1C=C(N2CCCCC2)CC(c2cccs2)S1. The smallest absolute Gasteiger partial charge is 0.0729 e. The monoisotopic (exact) mass is 295 g/mol. The average molecular weight is 295 g/mol. The third kappa shape index (κ3) is 2.81. The molecule has 3 heterocycles. The summed E-state index contributed by atoms with van der Waals surface area (Å²) in [6, 6.07) is 4.38. The van der Waals surface area contributed by atoms with E-state index in [1.165, 1.54) is 42.9 Å². The molecule has 1 saturated heterocycles. The van der Waals surface area contributed by atoms with E-state index in [-0.39, 0.29) is 0 Å². The van der Waals surface area contributed by atoms with Crippen molar-refractivity contribution in [3.63, 3.8) is 0 Å². The molecule has 0 aliphatic carbocycles. The number of allylic oxidation sites excluding steroid dienone is 1. The van der Waals surface area contributed by atoms with Crippen molar-refractivity contribution >= 4 is 39.5 Å². The average Bonchev–Trinajstić information content (AvgIpc) is 2.93. The van der Waals surface area contributed by atoms with Crippen LogP contribution in [0, 0.1) is 0 Å². The zero-order chi connectivity index (χ0) is 12.4. The minimum atomic E-state index is 0.541. The fourth-order valence-electron chi connectivity index (χ4n) is 2.64. The van der Waals surface area contributed by atoms with Crippen LogP contribution in [-0.4, -0.2) is 22.2 Å². The Morgan fingerprint density at radius 3 is 2.78 bits per heavy atom. The van der Waals surface area contributed by atoms with Gasteiger partial charge in [-0.25, -0.2) is 0 Å². The van der Waals surface area contributed by atoms with Crippen LogP contribution in [-0.2, 0) is 0 Å². The van der Waals surface area contributed by atoms with E-state index in [4.69, 9.17) is 12.2 Å². The Balaban J connectivity index is 1.76. The zero-order valence-electron chi connectivity index (χ0n) is 10.3. The van der Waals surface area contributed by atoms with Gasteiger partial charge in [-0.15, -0.1) is 23.1 Å². The van der Waals surface area contributed by atoms with Crippen molar-refractivity contribution in [2.24, 2.45) is 0 Å². The Bertz CT molecular complexity index is 444. The topological polar surface area (TPSA) is 3.24 Å². The lowest BCUT2D eigenvalue weighted by molar-refractivity contribution is 0.276. The Hall–Kier alpha value is -0.320. The predicted octanol–water partition coefficient (Wildman–Crippen LogP) is 4.62. The third-order valence-electron chi connectivity index (χ3n) is 3.56. The van der Waals surface area contributed by atoms with Crippen molar-refractivity contribution in [3.8, 4) is 0 Å². The summed E-state index contributed by atoms with van der Waals surface area (Å²) >= 11 is 9.17. The van der Waals surface area contributed by atoms with Gasteiger partial charge in [0.25, 0.3) is 0 Å². The minimum Gasteiger partial charge on any atom is -0.375 e. The van der Waals surface area contributed by atoms with E-state index >= 15 is 0 Å². The molecule has 1 aromatic rings. The Labute approximate surface area is 122 Å². The maximum atomic E-state index is 5.47. The molecule has 1 nitrogen and oxygen atoms in total. The molecule has 0 aromatic carbocycles. The number of hydrogen-bond donors (Lipinski definition) is 0. The second-order valence-corrected chi connectivity index (χ2v) is 7.75. The van der Waals surface area contributed by atoms with E-state index in [2.05, 4.69) is 28.5 Å². The van der Waals surface area contributed by atoms with E-state index in [0.29, 0.717) is 5.25 Å². The number of hydrogen-bond acceptors (Lipinski definition) is 4. The Morgan fingerprint density at radius 2 is 2.06 bits per heavy atom. The maximum Gasteiger partial charge on any atom is 0.0729 e. The molecule has 0 radical (unpaired) electrons. The highest BCUT2D eigenvalue weighted by molar-refractivity contribution is 8.23. The number of rotatable bonds is 2. The molecule has 2 aliphatic heterocycles. The van der Waals surface area contributed by atoms with Crippen LogP contribution in [0.5, 0.6) is 0 Å². The molecule has 1 aromatic heterocycles. The highest BCUT2D eigenvalue weighted by atomic mass is 32.2. The number of thioether (sulfide) groups is 1. The van der Waals surface area contributed by atoms with Crippen molar-refractivity contribution < 1.29 is 0 Å². The van der Waals surface area contributed by atoms with Gasteiger partial charge < -0.3 is 4.90 Å². The standard InChI is InChI=1S/C14H17NS3/c16-14-10-11(15-6-2-1-3-7-15)9-13(18-14)12-5-4-8-17-12/h4-5,8,10,13H,1-3,6-7,9H2. The zero-order valence-corrected chi connectivity index (χ0v) is 12.8. The molecule has 0 bridgehead atoms. The Kier molecular flexibility index (Phi) is 4.07. The van der Waals surface area contributed by atoms with E-state index in [1.807, 2.05) is 23.1 Å². The molecule has 3 rings (SSSR count). The largest absolute Gasteiger partial charge is 0.375 e. The summed E-state index contributed by atoms with van der Waals surface area (Å²) in [5.74, 6) is 0. The molecular formula is C14H17NS3. The molecule has 1 fully saturated rings. The van der Waals surface area contributed by atoms with Gasteiger partial charge in [0.1, 0.15) is 0 Å². The molecule has 2 aliphatic rings. The van der Waals surface area contributed by atoms with Crippen LogP contribution in [0.25, 0.3) is 0 Å². The highest BCUT2D eigenvalue weighted by Crippen LogP contribution is 2.42. The van der Waals surface area contributed by atoms with Crippen LogP contribution in [0.3, 0.4) is 0 Å². The van der Waals surface area contributed by atoms with Gasteiger partial charge in [-0.3, -0.25) is 0 Å². The first-order valence-electron chi connectivity index (χ1n) is 6.52. The van der Waals surface area contributed by atoms with Crippen molar-refractivity contribution in [1.82, 2.24) is 4.90 Å². The van der Waals surface area contributed by atoms with Gasteiger partial charge >= 0.3 is 0 Å². The van der Waals surface area contributed by atoms with E-state index in [0.717, 1.165) is 10.6 Å². The van der Waals surface area contributed by atoms with E-state index in [9.17, 15) is 0 Å².